The topological polar surface area (TPSA) is 58.6 Å². The van der Waals surface area contributed by atoms with Gasteiger partial charge >= 0.3 is 5.97 Å². The molecule has 20 heavy (non-hydrogen) atoms. The van der Waals surface area contributed by atoms with E-state index in [-0.39, 0.29) is 5.56 Å². The van der Waals surface area contributed by atoms with Crippen molar-refractivity contribution in [2.45, 2.75) is 45.4 Å². The van der Waals surface area contributed by atoms with Crippen molar-refractivity contribution in [1.29, 1.82) is 0 Å². The predicted molar refractivity (Wildman–Crippen MR) is 81.8 cm³/mol. The van der Waals surface area contributed by atoms with Crippen molar-refractivity contribution in [3.05, 3.63) is 23.8 Å². The van der Waals surface area contributed by atoms with E-state index in [2.05, 4.69) is 12.2 Å². The van der Waals surface area contributed by atoms with Crippen LogP contribution in [-0.4, -0.2) is 24.7 Å². The van der Waals surface area contributed by atoms with Crippen LogP contribution < -0.4 is 10.1 Å². The number of aromatic carboxylic acids is 1. The highest BCUT2D eigenvalue weighted by molar-refractivity contribution is 5.89. The molecule has 1 aromatic rings. The van der Waals surface area contributed by atoms with Gasteiger partial charge in [-0.2, -0.15) is 0 Å². The van der Waals surface area contributed by atoms with Crippen LogP contribution in [0, 0.1) is 0 Å². The molecule has 0 aliphatic rings. The molecule has 0 saturated heterocycles. The molecule has 0 amide bonds. The number of hydrogen-bond acceptors (Lipinski definition) is 3. The Morgan fingerprint density at radius 1 is 1.20 bits per heavy atom. The Kier molecular flexibility index (Phi) is 7.55. The van der Waals surface area contributed by atoms with Crippen LogP contribution in [0.5, 0.6) is 5.75 Å². The van der Waals surface area contributed by atoms with Crippen molar-refractivity contribution < 1.29 is 14.6 Å². The Balaban J connectivity index is 2.41. The lowest BCUT2D eigenvalue weighted by Crippen LogP contribution is -2.05. The number of hydrogen-bond donors (Lipinski definition) is 2. The third-order valence-corrected chi connectivity index (χ3v) is 3.29. The van der Waals surface area contributed by atoms with Crippen molar-refractivity contribution in [2.24, 2.45) is 0 Å². The second kappa shape index (κ2) is 9.23. The molecule has 1 aromatic carbocycles. The fourth-order valence-corrected chi connectivity index (χ4v) is 2.11. The summed E-state index contributed by atoms with van der Waals surface area (Å²) in [5, 5.41) is 12.3. The molecular formula is C16H25NO3. The number of rotatable bonds is 10. The predicted octanol–water partition coefficient (Wildman–Crippen LogP) is 4.17. The molecule has 2 N–H and O–H groups in total. The van der Waals surface area contributed by atoms with E-state index >= 15 is 0 Å². The Hall–Kier alpha value is -1.71. The third-order valence-electron chi connectivity index (χ3n) is 3.29. The minimum Gasteiger partial charge on any atom is -0.495 e. The molecule has 0 fully saturated rings. The molecule has 0 radical (unpaired) electrons. The van der Waals surface area contributed by atoms with Crippen LogP contribution >= 0.6 is 0 Å². The van der Waals surface area contributed by atoms with E-state index in [9.17, 15) is 4.79 Å². The minimum atomic E-state index is -0.921. The maximum Gasteiger partial charge on any atom is 0.335 e. The van der Waals surface area contributed by atoms with E-state index in [1.54, 1.807) is 25.3 Å². The fraction of sp³-hybridized carbons (Fsp3) is 0.562. The number of carboxylic acid groups (broad SMARTS) is 1. The summed E-state index contributed by atoms with van der Waals surface area (Å²) < 4.78 is 5.23. The normalized spacial score (nSPS) is 10.3. The molecule has 0 aliphatic heterocycles. The highest BCUT2D eigenvalue weighted by Crippen LogP contribution is 2.25. The summed E-state index contributed by atoms with van der Waals surface area (Å²) in [4.78, 5) is 11.0. The third kappa shape index (κ3) is 5.51. The lowest BCUT2D eigenvalue weighted by Gasteiger charge is -2.12. The molecule has 0 bridgehead atoms. The van der Waals surface area contributed by atoms with Gasteiger partial charge in [-0.15, -0.1) is 0 Å². The van der Waals surface area contributed by atoms with E-state index in [0.29, 0.717) is 5.75 Å². The van der Waals surface area contributed by atoms with Gasteiger partial charge in [0.2, 0.25) is 0 Å². The number of methoxy groups -OCH3 is 1. The number of carbonyl (C=O) groups is 1. The maximum absolute atomic E-state index is 11.0. The molecule has 0 spiro atoms. The molecule has 4 nitrogen and oxygen atoms in total. The zero-order valence-corrected chi connectivity index (χ0v) is 12.4. The van der Waals surface area contributed by atoms with E-state index in [0.717, 1.165) is 18.7 Å². The zero-order chi connectivity index (χ0) is 14.8. The van der Waals surface area contributed by atoms with Gasteiger partial charge < -0.3 is 15.2 Å². The second-order valence-electron chi connectivity index (χ2n) is 4.91. The monoisotopic (exact) mass is 279 g/mol. The molecular weight excluding hydrogens is 254 g/mol. The number of ether oxygens (including phenoxy) is 1. The summed E-state index contributed by atoms with van der Waals surface area (Å²) in [5.41, 5.74) is 1.03. The lowest BCUT2D eigenvalue weighted by molar-refractivity contribution is 0.0697. The number of anilines is 1. The van der Waals surface area contributed by atoms with Crippen molar-refractivity contribution in [3.63, 3.8) is 0 Å². The van der Waals surface area contributed by atoms with E-state index in [4.69, 9.17) is 9.84 Å². The van der Waals surface area contributed by atoms with Gasteiger partial charge in [-0.05, 0) is 24.6 Å². The molecule has 0 atom stereocenters. The SMILES string of the molecule is CCCCCCCCNc1cc(C(=O)O)ccc1OC. The summed E-state index contributed by atoms with van der Waals surface area (Å²) in [6.07, 6.45) is 7.42. The Morgan fingerprint density at radius 2 is 1.90 bits per heavy atom. The van der Waals surface area contributed by atoms with Crippen LogP contribution in [0.2, 0.25) is 0 Å². The molecule has 0 aliphatic carbocycles. The van der Waals surface area contributed by atoms with Gasteiger partial charge in [0.15, 0.2) is 0 Å². The number of carboxylic acids is 1. The first kappa shape index (κ1) is 16.3. The van der Waals surface area contributed by atoms with Crippen molar-refractivity contribution in [2.75, 3.05) is 19.0 Å². The summed E-state index contributed by atoms with van der Waals surface area (Å²) in [5.74, 6) is -0.240. The fourth-order valence-electron chi connectivity index (χ4n) is 2.11. The van der Waals surface area contributed by atoms with Crippen LogP contribution in [0.25, 0.3) is 0 Å². The summed E-state index contributed by atoms with van der Waals surface area (Å²) in [6.45, 7) is 3.05. The Bertz CT molecular complexity index is 418. The molecule has 0 heterocycles. The second-order valence-corrected chi connectivity index (χ2v) is 4.91. The molecule has 0 saturated carbocycles. The summed E-state index contributed by atoms with van der Waals surface area (Å²) in [7, 11) is 1.59. The lowest BCUT2D eigenvalue weighted by atomic mass is 10.1. The average molecular weight is 279 g/mol. The van der Waals surface area contributed by atoms with Crippen LogP contribution in [-0.2, 0) is 0 Å². The van der Waals surface area contributed by atoms with E-state index in [1.807, 2.05) is 0 Å². The molecule has 0 aromatic heterocycles. The van der Waals surface area contributed by atoms with Crippen LogP contribution in [0.15, 0.2) is 18.2 Å². The zero-order valence-electron chi connectivity index (χ0n) is 12.4. The Labute approximate surface area is 121 Å². The first-order valence-electron chi connectivity index (χ1n) is 7.34. The smallest absolute Gasteiger partial charge is 0.335 e. The van der Waals surface area contributed by atoms with Crippen LogP contribution in [0.4, 0.5) is 5.69 Å². The van der Waals surface area contributed by atoms with E-state index in [1.165, 1.54) is 32.1 Å². The minimum absolute atomic E-state index is 0.274. The van der Waals surface area contributed by atoms with Crippen molar-refractivity contribution in [3.8, 4) is 5.75 Å². The Morgan fingerprint density at radius 3 is 2.55 bits per heavy atom. The van der Waals surface area contributed by atoms with Crippen LogP contribution in [0.3, 0.4) is 0 Å². The molecule has 1 rings (SSSR count). The number of benzene rings is 1. The van der Waals surface area contributed by atoms with Gasteiger partial charge in [-0.25, -0.2) is 4.79 Å². The van der Waals surface area contributed by atoms with Crippen LogP contribution in [0.1, 0.15) is 55.8 Å². The average Bonchev–Trinajstić information content (AvgIpc) is 2.46. The highest BCUT2D eigenvalue weighted by atomic mass is 16.5. The quantitative estimate of drug-likeness (QED) is 0.631. The van der Waals surface area contributed by atoms with Crippen molar-refractivity contribution >= 4 is 11.7 Å². The summed E-state index contributed by atoms with van der Waals surface area (Å²) in [6, 6.07) is 4.86. The summed E-state index contributed by atoms with van der Waals surface area (Å²) >= 11 is 0. The van der Waals surface area contributed by atoms with Gasteiger partial charge in [-0.1, -0.05) is 39.0 Å². The maximum atomic E-state index is 11.0. The highest BCUT2D eigenvalue weighted by Gasteiger charge is 2.08. The van der Waals surface area contributed by atoms with E-state index < -0.39 is 5.97 Å². The molecule has 112 valence electrons. The van der Waals surface area contributed by atoms with Gasteiger partial charge in [0.1, 0.15) is 5.75 Å². The first-order chi connectivity index (χ1) is 9.69. The molecule has 4 heteroatoms. The largest absolute Gasteiger partial charge is 0.495 e. The number of unbranched alkanes of at least 4 members (excludes halogenated alkanes) is 5. The van der Waals surface area contributed by atoms with Gasteiger partial charge in [-0.3, -0.25) is 0 Å². The first-order valence-corrected chi connectivity index (χ1v) is 7.34. The van der Waals surface area contributed by atoms with Gasteiger partial charge in [0, 0.05) is 6.54 Å². The standard InChI is InChI=1S/C16H25NO3/c1-3-4-5-6-7-8-11-17-14-12-13(16(18)19)9-10-15(14)20-2/h9-10,12,17H,3-8,11H2,1-2H3,(H,18,19). The van der Waals surface area contributed by atoms with Gasteiger partial charge in [0.25, 0.3) is 0 Å². The van der Waals surface area contributed by atoms with Gasteiger partial charge in [0.05, 0.1) is 18.4 Å². The molecule has 0 unspecified atom stereocenters. The number of nitrogens with one attached hydrogen (secondary N) is 1. The van der Waals surface area contributed by atoms with Crippen molar-refractivity contribution in [1.82, 2.24) is 0 Å².